The van der Waals surface area contributed by atoms with E-state index in [4.69, 9.17) is 11.5 Å². The van der Waals surface area contributed by atoms with Gasteiger partial charge in [0.05, 0.1) is 0 Å². The average Bonchev–Trinajstić information content (AvgIpc) is 2.03. The van der Waals surface area contributed by atoms with Crippen LogP contribution in [0, 0.1) is 5.82 Å². The van der Waals surface area contributed by atoms with Gasteiger partial charge in [-0.15, -0.1) is 0 Å². The van der Waals surface area contributed by atoms with Crippen molar-refractivity contribution >= 4 is 5.91 Å². The van der Waals surface area contributed by atoms with Crippen LogP contribution in [-0.2, 0) is 4.79 Å². The van der Waals surface area contributed by atoms with E-state index in [2.05, 4.69) is 0 Å². The van der Waals surface area contributed by atoms with Gasteiger partial charge >= 0.3 is 0 Å². The van der Waals surface area contributed by atoms with Crippen molar-refractivity contribution in [3.8, 4) is 0 Å². The second-order valence-corrected chi connectivity index (χ2v) is 2.44. The first-order valence-corrected chi connectivity index (χ1v) is 3.41. The Hall–Kier alpha value is -1.42. The molecule has 0 unspecified atom stereocenters. The van der Waals surface area contributed by atoms with Crippen LogP contribution in [0.3, 0.4) is 0 Å². The maximum absolute atomic E-state index is 12.6. The normalized spacial score (nSPS) is 12.5. The zero-order chi connectivity index (χ0) is 9.14. The van der Waals surface area contributed by atoms with Crippen molar-refractivity contribution in [2.24, 2.45) is 11.5 Å². The monoisotopic (exact) mass is 168 g/mol. The van der Waals surface area contributed by atoms with Crippen molar-refractivity contribution in [3.05, 3.63) is 35.6 Å². The minimum Gasteiger partial charge on any atom is -0.368 e. The van der Waals surface area contributed by atoms with Crippen LogP contribution in [0.5, 0.6) is 0 Å². The fourth-order valence-corrected chi connectivity index (χ4v) is 0.864. The summed E-state index contributed by atoms with van der Waals surface area (Å²) in [5.74, 6) is -1.09. The predicted octanol–water partition coefficient (Wildman–Crippen LogP) is 0.311. The number of hydrogen-bond donors (Lipinski definition) is 2. The molecule has 4 N–H and O–H groups in total. The number of rotatable bonds is 2. The number of nitrogens with two attached hydrogens (primary N) is 2. The lowest BCUT2D eigenvalue weighted by Gasteiger charge is -2.06. The third kappa shape index (κ3) is 1.79. The summed E-state index contributed by atoms with van der Waals surface area (Å²) in [7, 11) is 0. The van der Waals surface area contributed by atoms with E-state index in [1.54, 1.807) is 6.07 Å². The van der Waals surface area contributed by atoms with E-state index in [1.165, 1.54) is 18.2 Å². The van der Waals surface area contributed by atoms with Gasteiger partial charge in [-0.1, -0.05) is 12.1 Å². The lowest BCUT2D eigenvalue weighted by atomic mass is 10.1. The molecule has 0 aromatic heterocycles. The molecule has 64 valence electrons. The third-order valence-corrected chi connectivity index (χ3v) is 1.51. The molecule has 1 amide bonds. The maximum atomic E-state index is 12.6. The van der Waals surface area contributed by atoms with E-state index < -0.39 is 17.8 Å². The highest BCUT2D eigenvalue weighted by Crippen LogP contribution is 2.10. The molecule has 0 saturated carbocycles. The van der Waals surface area contributed by atoms with E-state index in [-0.39, 0.29) is 0 Å². The Morgan fingerprint density at radius 3 is 2.67 bits per heavy atom. The van der Waals surface area contributed by atoms with Crippen LogP contribution >= 0.6 is 0 Å². The Balaban J connectivity index is 2.95. The van der Waals surface area contributed by atoms with Gasteiger partial charge in [-0.3, -0.25) is 4.79 Å². The summed E-state index contributed by atoms with van der Waals surface area (Å²) in [5, 5.41) is 0. The van der Waals surface area contributed by atoms with Gasteiger partial charge in [0.2, 0.25) is 5.91 Å². The summed E-state index contributed by atoms with van der Waals surface area (Å²) in [6, 6.07) is 4.57. The fraction of sp³-hybridized carbons (Fsp3) is 0.125. The molecule has 0 spiro atoms. The zero-order valence-electron chi connectivity index (χ0n) is 6.33. The number of amides is 1. The number of carbonyl (C=O) groups is 1. The van der Waals surface area contributed by atoms with E-state index in [9.17, 15) is 9.18 Å². The molecule has 0 heterocycles. The van der Waals surface area contributed by atoms with Crippen molar-refractivity contribution in [3.63, 3.8) is 0 Å². The van der Waals surface area contributed by atoms with E-state index in [1.807, 2.05) is 0 Å². The Labute approximate surface area is 69.2 Å². The van der Waals surface area contributed by atoms with Gasteiger partial charge in [0.15, 0.2) is 0 Å². The average molecular weight is 168 g/mol. The van der Waals surface area contributed by atoms with Crippen LogP contribution in [0.4, 0.5) is 4.39 Å². The van der Waals surface area contributed by atoms with Crippen LogP contribution in [0.2, 0.25) is 0 Å². The van der Waals surface area contributed by atoms with Crippen LogP contribution in [0.15, 0.2) is 24.3 Å². The number of benzene rings is 1. The molecule has 12 heavy (non-hydrogen) atoms. The van der Waals surface area contributed by atoms with Gasteiger partial charge < -0.3 is 11.5 Å². The van der Waals surface area contributed by atoms with Gasteiger partial charge in [0, 0.05) is 0 Å². The largest absolute Gasteiger partial charge is 0.368 e. The minimum atomic E-state index is -0.930. The number of primary amides is 1. The minimum absolute atomic E-state index is 0.391. The summed E-state index contributed by atoms with van der Waals surface area (Å²) < 4.78 is 12.6. The molecule has 0 saturated heterocycles. The third-order valence-electron chi connectivity index (χ3n) is 1.51. The predicted molar refractivity (Wildman–Crippen MR) is 42.5 cm³/mol. The summed E-state index contributed by atoms with van der Waals surface area (Å²) in [4.78, 5) is 10.6. The van der Waals surface area contributed by atoms with E-state index >= 15 is 0 Å². The van der Waals surface area contributed by atoms with Gasteiger partial charge in [0.1, 0.15) is 11.9 Å². The molecular formula is C8H9FN2O. The SMILES string of the molecule is NC(=O)[C@H](N)c1cccc(F)c1. The smallest absolute Gasteiger partial charge is 0.238 e. The van der Waals surface area contributed by atoms with E-state index in [0.717, 1.165) is 0 Å². The second kappa shape index (κ2) is 3.32. The Morgan fingerprint density at radius 2 is 2.17 bits per heavy atom. The molecule has 4 heteroatoms. The van der Waals surface area contributed by atoms with Crippen molar-refractivity contribution in [2.45, 2.75) is 6.04 Å². The Morgan fingerprint density at radius 1 is 1.50 bits per heavy atom. The lowest BCUT2D eigenvalue weighted by Crippen LogP contribution is -2.28. The quantitative estimate of drug-likeness (QED) is 0.667. The topological polar surface area (TPSA) is 69.1 Å². The van der Waals surface area contributed by atoms with Crippen LogP contribution in [0.25, 0.3) is 0 Å². The van der Waals surface area contributed by atoms with Crippen LogP contribution < -0.4 is 11.5 Å². The molecule has 0 aliphatic carbocycles. The van der Waals surface area contributed by atoms with Gasteiger partial charge in [-0.2, -0.15) is 0 Å². The summed E-state index contributed by atoms with van der Waals surface area (Å²) >= 11 is 0. The summed E-state index contributed by atoms with van der Waals surface area (Å²) in [5.41, 5.74) is 10.7. The molecule has 1 rings (SSSR count). The first kappa shape index (κ1) is 8.67. The fourth-order valence-electron chi connectivity index (χ4n) is 0.864. The highest BCUT2D eigenvalue weighted by Gasteiger charge is 2.11. The first-order chi connectivity index (χ1) is 5.61. The van der Waals surface area contributed by atoms with Crippen molar-refractivity contribution in [1.82, 2.24) is 0 Å². The van der Waals surface area contributed by atoms with Crippen LogP contribution in [-0.4, -0.2) is 5.91 Å². The Kier molecular flexibility index (Phi) is 2.40. The molecule has 0 aliphatic heterocycles. The molecule has 1 atom stereocenters. The molecule has 3 nitrogen and oxygen atoms in total. The second-order valence-electron chi connectivity index (χ2n) is 2.44. The highest BCUT2D eigenvalue weighted by molar-refractivity contribution is 5.81. The molecule has 1 aromatic carbocycles. The molecule has 0 bridgehead atoms. The van der Waals surface area contributed by atoms with E-state index in [0.29, 0.717) is 5.56 Å². The van der Waals surface area contributed by atoms with Gasteiger partial charge in [0.25, 0.3) is 0 Å². The number of halogens is 1. The van der Waals surface area contributed by atoms with Gasteiger partial charge in [-0.25, -0.2) is 4.39 Å². The highest BCUT2D eigenvalue weighted by atomic mass is 19.1. The summed E-state index contributed by atoms with van der Waals surface area (Å²) in [6.07, 6.45) is 0. The molecule has 0 radical (unpaired) electrons. The van der Waals surface area contributed by atoms with Crippen molar-refractivity contribution in [2.75, 3.05) is 0 Å². The van der Waals surface area contributed by atoms with Crippen molar-refractivity contribution in [1.29, 1.82) is 0 Å². The molecule has 0 fully saturated rings. The molecular weight excluding hydrogens is 159 g/mol. The lowest BCUT2D eigenvalue weighted by molar-refractivity contribution is -0.119. The Bertz CT molecular complexity index is 301. The molecule has 0 aliphatic rings. The number of hydrogen-bond acceptors (Lipinski definition) is 2. The summed E-state index contributed by atoms with van der Waals surface area (Å²) in [6.45, 7) is 0. The standard InChI is InChI=1S/C8H9FN2O/c9-6-3-1-2-5(4-6)7(10)8(11)12/h1-4,7H,10H2,(H2,11,12)/t7-/m1/s1. The maximum Gasteiger partial charge on any atom is 0.238 e. The zero-order valence-corrected chi connectivity index (χ0v) is 6.33. The number of carbonyl (C=O) groups excluding carboxylic acids is 1. The van der Waals surface area contributed by atoms with Crippen molar-refractivity contribution < 1.29 is 9.18 Å². The van der Waals surface area contributed by atoms with Crippen LogP contribution in [0.1, 0.15) is 11.6 Å². The van der Waals surface area contributed by atoms with Gasteiger partial charge in [-0.05, 0) is 17.7 Å². The molecule has 1 aromatic rings. The first-order valence-electron chi connectivity index (χ1n) is 3.41.